The van der Waals surface area contributed by atoms with Gasteiger partial charge in [0.25, 0.3) is 0 Å². The SMILES string of the molecule is Cc1cnc(CNc2cccc(OCc3cccc(C#N)c3)c2)o1. The largest absolute Gasteiger partial charge is 0.489 e. The van der Waals surface area contributed by atoms with Crippen molar-refractivity contribution in [3.05, 3.63) is 77.5 Å². The molecule has 1 aromatic heterocycles. The van der Waals surface area contributed by atoms with Gasteiger partial charge in [0, 0.05) is 11.8 Å². The van der Waals surface area contributed by atoms with E-state index in [2.05, 4.69) is 16.4 Å². The first-order valence-electron chi connectivity index (χ1n) is 7.60. The maximum Gasteiger partial charge on any atom is 0.213 e. The second-order valence-electron chi connectivity index (χ2n) is 5.35. The monoisotopic (exact) mass is 319 g/mol. The summed E-state index contributed by atoms with van der Waals surface area (Å²) in [6, 6.07) is 17.2. The van der Waals surface area contributed by atoms with Crippen LogP contribution in [0.5, 0.6) is 5.75 Å². The molecule has 3 aromatic rings. The van der Waals surface area contributed by atoms with Crippen molar-refractivity contribution in [2.24, 2.45) is 0 Å². The van der Waals surface area contributed by atoms with E-state index in [0.717, 1.165) is 22.8 Å². The minimum atomic E-state index is 0.415. The number of rotatable bonds is 6. The Morgan fingerprint density at radius 2 is 2.08 bits per heavy atom. The van der Waals surface area contributed by atoms with Crippen molar-refractivity contribution in [1.29, 1.82) is 5.26 Å². The van der Waals surface area contributed by atoms with Crippen LogP contribution < -0.4 is 10.1 Å². The van der Waals surface area contributed by atoms with Gasteiger partial charge in [0.05, 0.1) is 24.4 Å². The summed E-state index contributed by atoms with van der Waals surface area (Å²) in [6.45, 7) is 2.80. The van der Waals surface area contributed by atoms with Crippen LogP contribution in [0.3, 0.4) is 0 Å². The molecule has 0 unspecified atom stereocenters. The Balaban J connectivity index is 1.59. The van der Waals surface area contributed by atoms with E-state index in [4.69, 9.17) is 14.4 Å². The fourth-order valence-corrected chi connectivity index (χ4v) is 2.25. The summed E-state index contributed by atoms with van der Waals surface area (Å²) < 4.78 is 11.2. The highest BCUT2D eigenvalue weighted by molar-refractivity contribution is 5.48. The molecule has 0 fully saturated rings. The fraction of sp³-hybridized carbons (Fsp3) is 0.158. The Morgan fingerprint density at radius 1 is 1.21 bits per heavy atom. The van der Waals surface area contributed by atoms with Gasteiger partial charge in [-0.2, -0.15) is 5.26 Å². The summed E-state index contributed by atoms with van der Waals surface area (Å²) >= 11 is 0. The first-order chi connectivity index (χ1) is 11.7. The van der Waals surface area contributed by atoms with Crippen LogP contribution in [0.4, 0.5) is 5.69 Å². The minimum absolute atomic E-state index is 0.415. The standard InChI is InChI=1S/C19H17N3O2/c1-14-11-22-19(24-14)12-21-17-6-3-7-18(9-17)23-13-16-5-2-4-15(8-16)10-20/h2-9,11,21H,12-13H2,1H3. The molecule has 0 aliphatic carbocycles. The van der Waals surface area contributed by atoms with Gasteiger partial charge in [-0.15, -0.1) is 0 Å². The number of benzene rings is 2. The van der Waals surface area contributed by atoms with Crippen LogP contribution in [0.25, 0.3) is 0 Å². The molecular weight excluding hydrogens is 302 g/mol. The molecule has 24 heavy (non-hydrogen) atoms. The van der Waals surface area contributed by atoms with E-state index < -0.39 is 0 Å². The molecule has 1 N–H and O–H groups in total. The number of aromatic nitrogens is 1. The Bertz CT molecular complexity index is 865. The number of aryl methyl sites for hydroxylation is 1. The summed E-state index contributed by atoms with van der Waals surface area (Å²) in [4.78, 5) is 4.16. The smallest absolute Gasteiger partial charge is 0.213 e. The van der Waals surface area contributed by atoms with Gasteiger partial charge in [-0.3, -0.25) is 0 Å². The predicted molar refractivity (Wildman–Crippen MR) is 90.5 cm³/mol. The zero-order chi connectivity index (χ0) is 16.8. The van der Waals surface area contributed by atoms with Crippen LogP contribution >= 0.6 is 0 Å². The molecule has 3 rings (SSSR count). The van der Waals surface area contributed by atoms with E-state index in [1.54, 1.807) is 12.3 Å². The lowest BCUT2D eigenvalue weighted by Gasteiger charge is -2.09. The maximum atomic E-state index is 8.93. The number of nitriles is 1. The van der Waals surface area contributed by atoms with Gasteiger partial charge in [0.15, 0.2) is 0 Å². The lowest BCUT2D eigenvalue weighted by atomic mass is 10.1. The summed E-state index contributed by atoms with van der Waals surface area (Å²) in [6.07, 6.45) is 1.70. The average Bonchev–Trinajstić information content (AvgIpc) is 3.04. The molecular formula is C19H17N3O2. The highest BCUT2D eigenvalue weighted by Crippen LogP contribution is 2.19. The number of anilines is 1. The number of ether oxygens (including phenoxy) is 1. The zero-order valence-electron chi connectivity index (χ0n) is 13.3. The Labute approximate surface area is 140 Å². The Morgan fingerprint density at radius 3 is 2.88 bits per heavy atom. The van der Waals surface area contributed by atoms with Gasteiger partial charge in [-0.25, -0.2) is 4.98 Å². The lowest BCUT2D eigenvalue weighted by Crippen LogP contribution is -2.00. The first-order valence-corrected chi connectivity index (χ1v) is 7.60. The molecule has 1 heterocycles. The average molecular weight is 319 g/mol. The van der Waals surface area contributed by atoms with Crippen LogP contribution in [0.1, 0.15) is 22.8 Å². The summed E-state index contributed by atoms with van der Waals surface area (Å²) in [5, 5.41) is 12.2. The van der Waals surface area contributed by atoms with E-state index in [1.807, 2.05) is 49.4 Å². The van der Waals surface area contributed by atoms with E-state index >= 15 is 0 Å². The molecule has 120 valence electrons. The first kappa shape index (κ1) is 15.6. The molecule has 0 aliphatic heterocycles. The minimum Gasteiger partial charge on any atom is -0.489 e. The second-order valence-corrected chi connectivity index (χ2v) is 5.35. The number of oxazole rings is 1. The van der Waals surface area contributed by atoms with Gasteiger partial charge in [0.2, 0.25) is 5.89 Å². The van der Waals surface area contributed by atoms with E-state index in [1.165, 1.54) is 0 Å². The highest BCUT2D eigenvalue weighted by atomic mass is 16.5. The number of hydrogen-bond acceptors (Lipinski definition) is 5. The normalized spacial score (nSPS) is 10.2. The van der Waals surface area contributed by atoms with Crippen molar-refractivity contribution in [2.75, 3.05) is 5.32 Å². The van der Waals surface area contributed by atoms with E-state index in [0.29, 0.717) is 24.6 Å². The number of hydrogen-bond donors (Lipinski definition) is 1. The molecule has 0 atom stereocenters. The van der Waals surface area contributed by atoms with Crippen LogP contribution in [0.2, 0.25) is 0 Å². The van der Waals surface area contributed by atoms with Gasteiger partial charge in [-0.05, 0) is 36.8 Å². The third kappa shape index (κ3) is 4.14. The van der Waals surface area contributed by atoms with Gasteiger partial charge >= 0.3 is 0 Å². The molecule has 0 amide bonds. The van der Waals surface area contributed by atoms with E-state index in [9.17, 15) is 0 Å². The summed E-state index contributed by atoms with van der Waals surface area (Å²) in [5.41, 5.74) is 2.52. The number of nitrogens with zero attached hydrogens (tertiary/aromatic N) is 2. The molecule has 5 heteroatoms. The van der Waals surface area contributed by atoms with Crippen LogP contribution in [0.15, 0.2) is 59.1 Å². The topological polar surface area (TPSA) is 71.1 Å². The molecule has 0 bridgehead atoms. The maximum absolute atomic E-state index is 8.93. The van der Waals surface area contributed by atoms with E-state index in [-0.39, 0.29) is 0 Å². The van der Waals surface area contributed by atoms with Crippen molar-refractivity contribution in [3.8, 4) is 11.8 Å². The zero-order valence-corrected chi connectivity index (χ0v) is 13.3. The van der Waals surface area contributed by atoms with Crippen molar-refractivity contribution in [1.82, 2.24) is 4.98 Å². The van der Waals surface area contributed by atoms with Crippen LogP contribution in [-0.2, 0) is 13.2 Å². The molecule has 2 aromatic carbocycles. The van der Waals surface area contributed by atoms with Crippen molar-refractivity contribution in [2.45, 2.75) is 20.1 Å². The van der Waals surface area contributed by atoms with Crippen LogP contribution in [-0.4, -0.2) is 4.98 Å². The molecule has 0 spiro atoms. The third-order valence-electron chi connectivity index (χ3n) is 3.41. The molecule has 5 nitrogen and oxygen atoms in total. The van der Waals surface area contributed by atoms with Crippen molar-refractivity contribution >= 4 is 5.69 Å². The molecule has 0 aliphatic rings. The number of nitrogens with one attached hydrogen (secondary N) is 1. The third-order valence-corrected chi connectivity index (χ3v) is 3.41. The van der Waals surface area contributed by atoms with Crippen molar-refractivity contribution < 1.29 is 9.15 Å². The van der Waals surface area contributed by atoms with Crippen LogP contribution in [0, 0.1) is 18.3 Å². The predicted octanol–water partition coefficient (Wildman–Crippen LogP) is 4.05. The lowest BCUT2D eigenvalue weighted by molar-refractivity contribution is 0.306. The van der Waals surface area contributed by atoms with Gasteiger partial charge < -0.3 is 14.5 Å². The second kappa shape index (κ2) is 7.34. The molecule has 0 radical (unpaired) electrons. The highest BCUT2D eigenvalue weighted by Gasteiger charge is 2.02. The van der Waals surface area contributed by atoms with Gasteiger partial charge in [-0.1, -0.05) is 18.2 Å². The molecule has 0 saturated carbocycles. The molecule has 0 saturated heterocycles. The Hall–Kier alpha value is -3.26. The van der Waals surface area contributed by atoms with Gasteiger partial charge in [0.1, 0.15) is 18.1 Å². The summed E-state index contributed by atoms with van der Waals surface area (Å²) in [7, 11) is 0. The Kier molecular flexibility index (Phi) is 4.78. The van der Waals surface area contributed by atoms with Crippen molar-refractivity contribution in [3.63, 3.8) is 0 Å². The fourth-order valence-electron chi connectivity index (χ4n) is 2.25. The quantitative estimate of drug-likeness (QED) is 0.742. The summed E-state index contributed by atoms with van der Waals surface area (Å²) in [5.74, 6) is 2.20.